The summed E-state index contributed by atoms with van der Waals surface area (Å²) in [4.78, 5) is 5.58. The molecule has 2 rings (SSSR count). The summed E-state index contributed by atoms with van der Waals surface area (Å²) in [7, 11) is 1.54. The van der Waals surface area contributed by atoms with Crippen LogP contribution >= 0.6 is 24.0 Å². The molecular formula is C14H20F3IN4O. The Labute approximate surface area is 150 Å². The highest BCUT2D eigenvalue weighted by Gasteiger charge is 2.34. The van der Waals surface area contributed by atoms with Gasteiger partial charge in [0.15, 0.2) is 5.96 Å². The first-order valence-electron chi connectivity index (χ1n) is 6.90. The Bertz CT molecular complexity index is 539. The van der Waals surface area contributed by atoms with Crippen LogP contribution in [0, 0.1) is 0 Å². The van der Waals surface area contributed by atoms with Crippen LogP contribution in [0.1, 0.15) is 6.42 Å². The van der Waals surface area contributed by atoms with Crippen molar-refractivity contribution < 1.29 is 17.9 Å². The van der Waals surface area contributed by atoms with Gasteiger partial charge >= 0.3 is 6.18 Å². The zero-order chi connectivity index (χ0) is 16.2. The summed E-state index contributed by atoms with van der Waals surface area (Å²) < 4.78 is 42.2. The number of para-hydroxylation sites is 2. The topological polar surface area (TPSA) is 62.9 Å². The number of methoxy groups -OCH3 is 1. The SMILES string of the molecule is COc1ccccc1NC(N)=NC1CCN(CC(F)(F)F)C1.I. The number of halogens is 4. The van der Waals surface area contributed by atoms with E-state index in [-0.39, 0.29) is 42.5 Å². The van der Waals surface area contributed by atoms with Gasteiger partial charge in [-0.15, -0.1) is 24.0 Å². The highest BCUT2D eigenvalue weighted by molar-refractivity contribution is 14.0. The largest absolute Gasteiger partial charge is 0.495 e. The summed E-state index contributed by atoms with van der Waals surface area (Å²) in [6.07, 6.45) is -3.62. The van der Waals surface area contributed by atoms with Crippen LogP contribution in [0.4, 0.5) is 18.9 Å². The molecule has 3 N–H and O–H groups in total. The summed E-state index contributed by atoms with van der Waals surface area (Å²) in [5.41, 5.74) is 6.49. The second-order valence-electron chi connectivity index (χ2n) is 5.13. The van der Waals surface area contributed by atoms with E-state index in [9.17, 15) is 13.2 Å². The van der Waals surface area contributed by atoms with E-state index in [1.54, 1.807) is 19.2 Å². The van der Waals surface area contributed by atoms with Gasteiger partial charge in [-0.2, -0.15) is 13.2 Å². The van der Waals surface area contributed by atoms with Gasteiger partial charge in [-0.05, 0) is 18.6 Å². The third kappa shape index (κ3) is 6.42. The van der Waals surface area contributed by atoms with Gasteiger partial charge in [-0.1, -0.05) is 12.1 Å². The summed E-state index contributed by atoms with van der Waals surface area (Å²) >= 11 is 0. The minimum absolute atomic E-state index is 0. The van der Waals surface area contributed by atoms with Crippen LogP contribution in [0.15, 0.2) is 29.3 Å². The van der Waals surface area contributed by atoms with Crippen LogP contribution < -0.4 is 15.8 Å². The Hall–Kier alpha value is -1.23. The lowest BCUT2D eigenvalue weighted by Crippen LogP contribution is -2.33. The number of aliphatic imine (C=N–C) groups is 1. The van der Waals surface area contributed by atoms with Gasteiger partial charge < -0.3 is 15.8 Å². The van der Waals surface area contributed by atoms with Gasteiger partial charge in [0, 0.05) is 13.1 Å². The molecule has 0 amide bonds. The molecule has 1 aromatic rings. The average molecular weight is 444 g/mol. The number of hydrogen-bond donors (Lipinski definition) is 2. The Morgan fingerprint density at radius 2 is 2.13 bits per heavy atom. The van der Waals surface area contributed by atoms with Gasteiger partial charge in [0.1, 0.15) is 5.75 Å². The van der Waals surface area contributed by atoms with E-state index in [0.29, 0.717) is 24.4 Å². The number of ether oxygens (including phenoxy) is 1. The molecular weight excluding hydrogens is 424 g/mol. The van der Waals surface area contributed by atoms with Crippen molar-refractivity contribution in [2.24, 2.45) is 10.7 Å². The number of likely N-dealkylation sites (tertiary alicyclic amines) is 1. The third-order valence-corrected chi connectivity index (χ3v) is 3.34. The first-order chi connectivity index (χ1) is 10.4. The molecule has 1 unspecified atom stereocenters. The Morgan fingerprint density at radius 1 is 1.43 bits per heavy atom. The van der Waals surface area contributed by atoms with E-state index in [1.165, 1.54) is 4.90 Å². The van der Waals surface area contributed by atoms with E-state index in [1.807, 2.05) is 12.1 Å². The smallest absolute Gasteiger partial charge is 0.401 e. The second-order valence-corrected chi connectivity index (χ2v) is 5.13. The van der Waals surface area contributed by atoms with Crippen LogP contribution in [0.2, 0.25) is 0 Å². The molecule has 1 atom stereocenters. The summed E-state index contributed by atoms with van der Waals surface area (Å²) in [5, 5.41) is 2.91. The van der Waals surface area contributed by atoms with Gasteiger partial charge in [-0.25, -0.2) is 4.99 Å². The standard InChI is InChI=1S/C14H19F3N4O.HI/c1-22-12-5-3-2-4-11(12)20-13(18)19-10-6-7-21(8-10)9-14(15,16)17;/h2-5,10H,6-9H2,1H3,(H3,18,19,20);1H. The van der Waals surface area contributed by atoms with E-state index >= 15 is 0 Å². The fraction of sp³-hybridized carbons (Fsp3) is 0.500. The van der Waals surface area contributed by atoms with Gasteiger partial charge in [-0.3, -0.25) is 4.90 Å². The maximum absolute atomic E-state index is 12.3. The second kappa shape index (κ2) is 8.57. The number of alkyl halides is 3. The molecule has 5 nitrogen and oxygen atoms in total. The van der Waals surface area contributed by atoms with E-state index in [2.05, 4.69) is 10.3 Å². The van der Waals surface area contributed by atoms with Crippen molar-refractivity contribution in [3.8, 4) is 5.75 Å². The number of benzene rings is 1. The van der Waals surface area contributed by atoms with Crippen LogP contribution in [-0.4, -0.2) is 49.8 Å². The van der Waals surface area contributed by atoms with E-state index < -0.39 is 12.7 Å². The molecule has 1 fully saturated rings. The third-order valence-electron chi connectivity index (χ3n) is 3.34. The van der Waals surface area contributed by atoms with Crippen molar-refractivity contribution in [1.29, 1.82) is 0 Å². The van der Waals surface area contributed by atoms with Crippen molar-refractivity contribution in [2.45, 2.75) is 18.6 Å². The lowest BCUT2D eigenvalue weighted by molar-refractivity contribution is -0.143. The lowest BCUT2D eigenvalue weighted by Gasteiger charge is -2.17. The van der Waals surface area contributed by atoms with E-state index in [4.69, 9.17) is 10.5 Å². The molecule has 1 aliphatic rings. The fourth-order valence-electron chi connectivity index (χ4n) is 2.43. The molecule has 130 valence electrons. The quantitative estimate of drug-likeness (QED) is 0.426. The first-order valence-corrected chi connectivity index (χ1v) is 6.90. The minimum Gasteiger partial charge on any atom is -0.495 e. The molecule has 0 aromatic heterocycles. The fourth-order valence-corrected chi connectivity index (χ4v) is 2.43. The van der Waals surface area contributed by atoms with Crippen molar-refractivity contribution in [3.63, 3.8) is 0 Å². The molecule has 0 saturated carbocycles. The number of guanidine groups is 1. The first kappa shape index (κ1) is 19.8. The normalized spacial score (nSPS) is 19.3. The van der Waals surface area contributed by atoms with Gasteiger partial charge in [0.25, 0.3) is 0 Å². The van der Waals surface area contributed by atoms with E-state index in [0.717, 1.165) is 0 Å². The molecule has 0 radical (unpaired) electrons. The summed E-state index contributed by atoms with van der Waals surface area (Å²) in [5.74, 6) is 0.786. The molecule has 0 bridgehead atoms. The molecule has 0 aliphatic carbocycles. The predicted molar refractivity (Wildman–Crippen MR) is 94.6 cm³/mol. The summed E-state index contributed by atoms with van der Waals surface area (Å²) in [6.45, 7) is -0.276. The Morgan fingerprint density at radius 3 is 2.78 bits per heavy atom. The Balaban J connectivity index is 0.00000264. The van der Waals surface area contributed by atoms with Crippen molar-refractivity contribution >= 4 is 35.6 Å². The number of anilines is 1. The van der Waals surface area contributed by atoms with Gasteiger partial charge in [0.2, 0.25) is 0 Å². The molecule has 23 heavy (non-hydrogen) atoms. The van der Waals surface area contributed by atoms with Crippen molar-refractivity contribution in [2.75, 3.05) is 32.1 Å². The molecule has 0 spiro atoms. The van der Waals surface area contributed by atoms with Gasteiger partial charge in [0.05, 0.1) is 25.4 Å². The zero-order valence-corrected chi connectivity index (χ0v) is 15.0. The van der Waals surface area contributed by atoms with Crippen molar-refractivity contribution in [3.05, 3.63) is 24.3 Å². The number of nitrogens with zero attached hydrogens (tertiary/aromatic N) is 2. The molecule has 1 aromatic carbocycles. The molecule has 1 heterocycles. The highest BCUT2D eigenvalue weighted by Crippen LogP contribution is 2.23. The Kier molecular flexibility index (Phi) is 7.39. The van der Waals surface area contributed by atoms with Crippen LogP contribution in [0.5, 0.6) is 5.75 Å². The van der Waals surface area contributed by atoms with Crippen LogP contribution in [0.25, 0.3) is 0 Å². The molecule has 1 saturated heterocycles. The van der Waals surface area contributed by atoms with Crippen LogP contribution in [0.3, 0.4) is 0 Å². The monoisotopic (exact) mass is 444 g/mol. The zero-order valence-electron chi connectivity index (χ0n) is 12.6. The maximum atomic E-state index is 12.3. The van der Waals surface area contributed by atoms with Crippen LogP contribution in [-0.2, 0) is 0 Å². The van der Waals surface area contributed by atoms with Crippen molar-refractivity contribution in [1.82, 2.24) is 4.90 Å². The number of nitrogens with one attached hydrogen (secondary N) is 1. The highest BCUT2D eigenvalue weighted by atomic mass is 127. The molecule has 1 aliphatic heterocycles. The number of nitrogens with two attached hydrogens (primary N) is 1. The minimum atomic E-state index is -4.18. The lowest BCUT2D eigenvalue weighted by atomic mass is 10.3. The maximum Gasteiger partial charge on any atom is 0.401 e. The average Bonchev–Trinajstić information content (AvgIpc) is 2.84. The number of hydrogen-bond acceptors (Lipinski definition) is 3. The number of rotatable bonds is 4. The predicted octanol–water partition coefficient (Wildman–Crippen LogP) is 2.68. The summed E-state index contributed by atoms with van der Waals surface area (Å²) in [6, 6.07) is 6.97. The molecule has 9 heteroatoms.